The summed E-state index contributed by atoms with van der Waals surface area (Å²) in [6, 6.07) is 3.73. The summed E-state index contributed by atoms with van der Waals surface area (Å²) >= 11 is 0. The summed E-state index contributed by atoms with van der Waals surface area (Å²) in [5, 5.41) is 8.66. The van der Waals surface area contributed by atoms with Crippen molar-refractivity contribution < 1.29 is 5.11 Å². The molecular weight excluding hydrogens is 152 g/mol. The Morgan fingerprint density at radius 1 is 1.67 bits per heavy atom. The second-order valence-electron chi connectivity index (χ2n) is 2.88. The van der Waals surface area contributed by atoms with E-state index in [1.165, 1.54) is 0 Å². The Kier molecular flexibility index (Phi) is 3.19. The molecule has 3 nitrogen and oxygen atoms in total. The zero-order valence-electron chi connectivity index (χ0n) is 7.20. The molecule has 12 heavy (non-hydrogen) atoms. The molecule has 1 heterocycles. The van der Waals surface area contributed by atoms with E-state index in [0.29, 0.717) is 6.42 Å². The molecule has 0 saturated heterocycles. The molecule has 1 aromatic heterocycles. The van der Waals surface area contributed by atoms with E-state index in [1.54, 1.807) is 6.20 Å². The largest absolute Gasteiger partial charge is 0.396 e. The van der Waals surface area contributed by atoms with Crippen LogP contribution in [0.1, 0.15) is 23.7 Å². The Morgan fingerprint density at radius 3 is 3.00 bits per heavy atom. The predicted octanol–water partition coefficient (Wildman–Crippen LogP) is 0.772. The first kappa shape index (κ1) is 9.16. The standard InChI is InChI=1S/C9H14N2O/c1-7-2-4-11-9(6-7)8(10)3-5-12/h2,4,6,8,12H,3,5,10H2,1H3/t8-/m1/s1. The van der Waals surface area contributed by atoms with E-state index in [2.05, 4.69) is 4.98 Å². The molecule has 1 atom stereocenters. The summed E-state index contributed by atoms with van der Waals surface area (Å²) in [6.07, 6.45) is 2.30. The highest BCUT2D eigenvalue weighted by Crippen LogP contribution is 2.11. The van der Waals surface area contributed by atoms with E-state index < -0.39 is 0 Å². The molecule has 0 bridgehead atoms. The highest BCUT2D eigenvalue weighted by atomic mass is 16.3. The molecule has 0 aliphatic carbocycles. The van der Waals surface area contributed by atoms with Gasteiger partial charge in [0.1, 0.15) is 0 Å². The second-order valence-corrected chi connectivity index (χ2v) is 2.88. The number of nitrogens with two attached hydrogens (primary N) is 1. The fraction of sp³-hybridized carbons (Fsp3) is 0.444. The molecule has 0 fully saturated rings. The van der Waals surface area contributed by atoms with Crippen LogP contribution in [-0.2, 0) is 0 Å². The fourth-order valence-corrected chi connectivity index (χ4v) is 1.05. The average molecular weight is 166 g/mol. The third kappa shape index (κ3) is 2.29. The number of aromatic nitrogens is 1. The molecule has 0 aliphatic heterocycles. The van der Waals surface area contributed by atoms with Crippen molar-refractivity contribution >= 4 is 0 Å². The van der Waals surface area contributed by atoms with E-state index in [4.69, 9.17) is 10.8 Å². The molecule has 1 aromatic rings. The van der Waals surface area contributed by atoms with Crippen LogP contribution in [0, 0.1) is 6.92 Å². The highest BCUT2D eigenvalue weighted by molar-refractivity contribution is 5.16. The number of nitrogens with zero attached hydrogens (tertiary/aromatic N) is 1. The lowest BCUT2D eigenvalue weighted by atomic mass is 10.1. The van der Waals surface area contributed by atoms with E-state index >= 15 is 0 Å². The predicted molar refractivity (Wildman–Crippen MR) is 47.6 cm³/mol. The van der Waals surface area contributed by atoms with E-state index in [1.807, 2.05) is 19.1 Å². The topological polar surface area (TPSA) is 59.1 Å². The van der Waals surface area contributed by atoms with Crippen molar-refractivity contribution in [1.82, 2.24) is 4.98 Å². The van der Waals surface area contributed by atoms with Gasteiger partial charge in [0, 0.05) is 18.8 Å². The summed E-state index contributed by atoms with van der Waals surface area (Å²) in [6.45, 7) is 2.10. The Morgan fingerprint density at radius 2 is 2.42 bits per heavy atom. The molecule has 66 valence electrons. The van der Waals surface area contributed by atoms with Crippen LogP contribution >= 0.6 is 0 Å². The molecule has 0 radical (unpaired) electrons. The lowest BCUT2D eigenvalue weighted by Gasteiger charge is -2.08. The van der Waals surface area contributed by atoms with Crippen LogP contribution in [0.15, 0.2) is 18.3 Å². The molecule has 3 heteroatoms. The smallest absolute Gasteiger partial charge is 0.0574 e. The van der Waals surface area contributed by atoms with Crippen LogP contribution in [0.4, 0.5) is 0 Å². The molecule has 3 N–H and O–H groups in total. The number of pyridine rings is 1. The first-order chi connectivity index (χ1) is 5.74. The number of rotatable bonds is 3. The molecular formula is C9H14N2O. The van der Waals surface area contributed by atoms with Gasteiger partial charge in [-0.05, 0) is 31.0 Å². The van der Waals surface area contributed by atoms with Crippen LogP contribution in [0.5, 0.6) is 0 Å². The lowest BCUT2D eigenvalue weighted by Crippen LogP contribution is -2.13. The summed E-state index contributed by atoms with van der Waals surface area (Å²) in [7, 11) is 0. The highest BCUT2D eigenvalue weighted by Gasteiger charge is 2.05. The summed E-state index contributed by atoms with van der Waals surface area (Å²) in [5.74, 6) is 0. The van der Waals surface area contributed by atoms with Crippen molar-refractivity contribution in [2.24, 2.45) is 5.73 Å². The molecule has 0 aliphatic rings. The second kappa shape index (κ2) is 4.18. The fourth-order valence-electron chi connectivity index (χ4n) is 1.05. The number of aliphatic hydroxyl groups excluding tert-OH is 1. The SMILES string of the molecule is Cc1ccnc([C@H](N)CCO)c1. The van der Waals surface area contributed by atoms with E-state index in [-0.39, 0.29) is 12.6 Å². The minimum Gasteiger partial charge on any atom is -0.396 e. The third-order valence-electron chi connectivity index (χ3n) is 1.76. The Balaban J connectivity index is 2.73. The van der Waals surface area contributed by atoms with Crippen molar-refractivity contribution in [3.05, 3.63) is 29.6 Å². The van der Waals surface area contributed by atoms with Gasteiger partial charge in [0.25, 0.3) is 0 Å². The van der Waals surface area contributed by atoms with E-state index in [9.17, 15) is 0 Å². The van der Waals surface area contributed by atoms with Crippen LogP contribution in [-0.4, -0.2) is 16.7 Å². The normalized spacial score (nSPS) is 12.9. The van der Waals surface area contributed by atoms with Crippen molar-refractivity contribution in [2.45, 2.75) is 19.4 Å². The maximum Gasteiger partial charge on any atom is 0.0574 e. The van der Waals surface area contributed by atoms with Gasteiger partial charge in [-0.2, -0.15) is 0 Å². The van der Waals surface area contributed by atoms with E-state index in [0.717, 1.165) is 11.3 Å². The molecule has 0 unspecified atom stereocenters. The average Bonchev–Trinajstić information content (AvgIpc) is 2.05. The Bertz CT molecular complexity index is 250. The lowest BCUT2D eigenvalue weighted by molar-refractivity contribution is 0.275. The van der Waals surface area contributed by atoms with Gasteiger partial charge >= 0.3 is 0 Å². The van der Waals surface area contributed by atoms with Gasteiger partial charge < -0.3 is 10.8 Å². The van der Waals surface area contributed by atoms with Crippen molar-refractivity contribution in [1.29, 1.82) is 0 Å². The van der Waals surface area contributed by atoms with Crippen molar-refractivity contribution in [3.63, 3.8) is 0 Å². The number of aliphatic hydroxyl groups is 1. The maximum atomic E-state index is 8.66. The number of hydrogen-bond acceptors (Lipinski definition) is 3. The first-order valence-corrected chi connectivity index (χ1v) is 4.03. The van der Waals surface area contributed by atoms with Gasteiger partial charge in [-0.1, -0.05) is 0 Å². The monoisotopic (exact) mass is 166 g/mol. The van der Waals surface area contributed by atoms with Gasteiger partial charge in [0.15, 0.2) is 0 Å². The summed E-state index contributed by atoms with van der Waals surface area (Å²) in [5.41, 5.74) is 7.75. The van der Waals surface area contributed by atoms with Crippen LogP contribution < -0.4 is 5.73 Å². The molecule has 1 rings (SSSR count). The summed E-state index contributed by atoms with van der Waals surface area (Å²) in [4.78, 5) is 4.12. The van der Waals surface area contributed by atoms with Crippen LogP contribution in [0.25, 0.3) is 0 Å². The number of aryl methyl sites for hydroxylation is 1. The van der Waals surface area contributed by atoms with Gasteiger partial charge in [0.05, 0.1) is 5.69 Å². The van der Waals surface area contributed by atoms with Gasteiger partial charge in [-0.25, -0.2) is 0 Å². The quantitative estimate of drug-likeness (QED) is 0.697. The van der Waals surface area contributed by atoms with Gasteiger partial charge in [-0.3, -0.25) is 4.98 Å². The van der Waals surface area contributed by atoms with Crippen LogP contribution in [0.3, 0.4) is 0 Å². The molecule has 0 spiro atoms. The number of hydrogen-bond donors (Lipinski definition) is 2. The third-order valence-corrected chi connectivity index (χ3v) is 1.76. The summed E-state index contributed by atoms with van der Waals surface area (Å²) < 4.78 is 0. The Labute approximate surface area is 72.2 Å². The minimum absolute atomic E-state index is 0.108. The Hall–Kier alpha value is -0.930. The van der Waals surface area contributed by atoms with Crippen LogP contribution in [0.2, 0.25) is 0 Å². The van der Waals surface area contributed by atoms with Gasteiger partial charge in [0.2, 0.25) is 0 Å². The maximum absolute atomic E-state index is 8.66. The minimum atomic E-state index is -0.144. The first-order valence-electron chi connectivity index (χ1n) is 4.03. The van der Waals surface area contributed by atoms with Crippen molar-refractivity contribution in [2.75, 3.05) is 6.61 Å². The zero-order valence-corrected chi connectivity index (χ0v) is 7.20. The molecule has 0 amide bonds. The zero-order chi connectivity index (χ0) is 8.97. The molecule has 0 saturated carbocycles. The van der Waals surface area contributed by atoms with Gasteiger partial charge in [-0.15, -0.1) is 0 Å². The molecule has 0 aromatic carbocycles. The van der Waals surface area contributed by atoms with Crippen molar-refractivity contribution in [3.8, 4) is 0 Å².